The first-order valence-electron chi connectivity index (χ1n) is 7.18. The summed E-state index contributed by atoms with van der Waals surface area (Å²) in [5.41, 5.74) is 0.449. The first-order valence-corrected chi connectivity index (χ1v) is 7.18. The Morgan fingerprint density at radius 3 is 2.52 bits per heavy atom. The van der Waals surface area contributed by atoms with Crippen molar-refractivity contribution < 1.29 is 9.53 Å². The van der Waals surface area contributed by atoms with Crippen LogP contribution in [-0.2, 0) is 9.53 Å². The number of hydrogen-bond acceptors (Lipinski definition) is 4. The molecule has 0 radical (unpaired) electrons. The van der Waals surface area contributed by atoms with Crippen LogP contribution in [0.3, 0.4) is 0 Å². The molecule has 0 unspecified atom stereocenters. The zero-order chi connectivity index (χ0) is 15.6. The molecule has 1 aromatic rings. The van der Waals surface area contributed by atoms with Gasteiger partial charge in [0.05, 0.1) is 24.5 Å². The van der Waals surface area contributed by atoms with E-state index < -0.39 is 5.41 Å². The van der Waals surface area contributed by atoms with Gasteiger partial charge in [0.15, 0.2) is 0 Å². The Labute approximate surface area is 126 Å². The van der Waals surface area contributed by atoms with Crippen LogP contribution in [0.1, 0.15) is 24.8 Å². The predicted molar refractivity (Wildman–Crippen MR) is 80.5 cm³/mol. The van der Waals surface area contributed by atoms with Crippen LogP contribution in [0.15, 0.2) is 30.3 Å². The molecule has 2 rings (SSSR count). The van der Waals surface area contributed by atoms with Crippen LogP contribution >= 0.6 is 0 Å². The van der Waals surface area contributed by atoms with Gasteiger partial charge in [-0.25, -0.2) is 0 Å². The molecule has 1 aliphatic rings. The lowest BCUT2D eigenvalue weighted by Gasteiger charge is -2.33. The van der Waals surface area contributed by atoms with Crippen LogP contribution < -0.4 is 0 Å². The Hall–Kier alpha value is -1.86. The van der Waals surface area contributed by atoms with E-state index in [-0.39, 0.29) is 23.8 Å². The van der Waals surface area contributed by atoms with E-state index in [1.165, 1.54) is 7.11 Å². The van der Waals surface area contributed by atoms with E-state index in [1.54, 1.807) is 0 Å². The van der Waals surface area contributed by atoms with Gasteiger partial charge in [-0.05, 0) is 33.0 Å². The van der Waals surface area contributed by atoms with Gasteiger partial charge in [0.1, 0.15) is 0 Å². The van der Waals surface area contributed by atoms with Crippen molar-refractivity contribution in [2.45, 2.75) is 25.3 Å². The average molecular weight is 286 g/mol. The maximum absolute atomic E-state index is 11.9. The molecule has 0 aromatic heterocycles. The standard InChI is InChI=1S/C17H22N2O2/c1-12(19(2)3)15(13-8-6-5-7-9-13)17(11-18)10-14(17)16(20)21-4/h5-9,12,14-15H,10H2,1-4H3/t12-,14+,15+,17-/m0/s1. The molecule has 0 aliphatic heterocycles. The Balaban J connectivity index is 2.42. The van der Waals surface area contributed by atoms with Crippen molar-refractivity contribution in [3.05, 3.63) is 35.9 Å². The number of rotatable bonds is 5. The molecule has 1 saturated carbocycles. The van der Waals surface area contributed by atoms with E-state index in [2.05, 4.69) is 17.9 Å². The first kappa shape index (κ1) is 15.5. The summed E-state index contributed by atoms with van der Waals surface area (Å²) in [5.74, 6) is -0.605. The third kappa shape index (κ3) is 2.66. The minimum Gasteiger partial charge on any atom is -0.469 e. The van der Waals surface area contributed by atoms with Gasteiger partial charge >= 0.3 is 5.97 Å². The van der Waals surface area contributed by atoms with E-state index >= 15 is 0 Å². The highest BCUT2D eigenvalue weighted by Crippen LogP contribution is 2.62. The van der Waals surface area contributed by atoms with Crippen molar-refractivity contribution in [1.29, 1.82) is 5.26 Å². The minimum absolute atomic E-state index is 0.0113. The van der Waals surface area contributed by atoms with Crippen LogP contribution in [0, 0.1) is 22.7 Å². The van der Waals surface area contributed by atoms with E-state index in [4.69, 9.17) is 4.74 Å². The molecule has 0 spiro atoms. The summed E-state index contributed by atoms with van der Waals surface area (Å²) < 4.78 is 4.85. The monoisotopic (exact) mass is 286 g/mol. The molecule has 112 valence electrons. The van der Waals surface area contributed by atoms with E-state index in [9.17, 15) is 10.1 Å². The van der Waals surface area contributed by atoms with Gasteiger partial charge in [0.25, 0.3) is 0 Å². The fourth-order valence-corrected chi connectivity index (χ4v) is 3.22. The van der Waals surface area contributed by atoms with E-state index in [0.717, 1.165) is 5.56 Å². The van der Waals surface area contributed by atoms with Crippen molar-refractivity contribution in [2.24, 2.45) is 11.3 Å². The summed E-state index contributed by atoms with van der Waals surface area (Å²) in [6, 6.07) is 12.6. The van der Waals surface area contributed by atoms with Gasteiger partial charge in [-0.1, -0.05) is 30.3 Å². The van der Waals surface area contributed by atoms with Gasteiger partial charge < -0.3 is 9.64 Å². The average Bonchev–Trinajstić information content (AvgIpc) is 3.23. The third-order valence-electron chi connectivity index (χ3n) is 4.71. The highest BCUT2D eigenvalue weighted by molar-refractivity contribution is 5.78. The van der Waals surface area contributed by atoms with Gasteiger partial charge in [0.2, 0.25) is 0 Å². The number of hydrogen-bond donors (Lipinski definition) is 0. The summed E-state index contributed by atoms with van der Waals surface area (Å²) >= 11 is 0. The second-order valence-electron chi connectivity index (χ2n) is 6.02. The van der Waals surface area contributed by atoms with Crippen molar-refractivity contribution in [3.63, 3.8) is 0 Å². The molecule has 21 heavy (non-hydrogen) atoms. The second-order valence-corrected chi connectivity index (χ2v) is 6.02. The number of likely N-dealkylation sites (N-methyl/N-ethyl adjacent to an activating group) is 1. The van der Waals surface area contributed by atoms with Gasteiger partial charge in [-0.3, -0.25) is 4.79 Å². The predicted octanol–water partition coefficient (Wildman–Crippen LogP) is 2.42. The molecular formula is C17H22N2O2. The maximum Gasteiger partial charge on any atom is 0.310 e. The highest BCUT2D eigenvalue weighted by atomic mass is 16.5. The lowest BCUT2D eigenvalue weighted by Crippen LogP contribution is -2.37. The summed E-state index contributed by atoms with van der Waals surface area (Å²) in [4.78, 5) is 14.0. The van der Waals surface area contributed by atoms with Crippen LogP contribution in [0.25, 0.3) is 0 Å². The van der Waals surface area contributed by atoms with Crippen molar-refractivity contribution in [2.75, 3.05) is 21.2 Å². The molecule has 1 fully saturated rings. The number of carbonyl (C=O) groups is 1. The Morgan fingerprint density at radius 1 is 1.43 bits per heavy atom. The Bertz CT molecular complexity index is 550. The first-order chi connectivity index (χ1) is 9.97. The molecule has 4 nitrogen and oxygen atoms in total. The van der Waals surface area contributed by atoms with Gasteiger partial charge in [-0.2, -0.15) is 5.26 Å². The molecule has 0 saturated heterocycles. The van der Waals surface area contributed by atoms with E-state index in [1.807, 2.05) is 44.4 Å². The summed E-state index contributed by atoms with van der Waals surface area (Å²) in [5, 5.41) is 9.76. The zero-order valence-electron chi connectivity index (χ0n) is 13.0. The second kappa shape index (κ2) is 5.87. The summed E-state index contributed by atoms with van der Waals surface area (Å²) in [6.45, 7) is 2.10. The third-order valence-corrected chi connectivity index (χ3v) is 4.71. The number of ether oxygens (including phenoxy) is 1. The quantitative estimate of drug-likeness (QED) is 0.780. The largest absolute Gasteiger partial charge is 0.469 e. The normalized spacial score (nSPS) is 26.8. The molecule has 4 heteroatoms. The van der Waals surface area contributed by atoms with Crippen molar-refractivity contribution in [3.8, 4) is 6.07 Å². The topological polar surface area (TPSA) is 53.3 Å². The smallest absolute Gasteiger partial charge is 0.310 e. The number of nitrogens with zero attached hydrogens (tertiary/aromatic N) is 2. The lowest BCUT2D eigenvalue weighted by atomic mass is 9.77. The van der Waals surface area contributed by atoms with Crippen molar-refractivity contribution >= 4 is 5.97 Å². The van der Waals surface area contributed by atoms with Crippen LogP contribution in [0.4, 0.5) is 0 Å². The minimum atomic E-state index is -0.655. The lowest BCUT2D eigenvalue weighted by molar-refractivity contribution is -0.143. The number of carbonyl (C=O) groups excluding carboxylic acids is 1. The Kier molecular flexibility index (Phi) is 4.34. The number of esters is 1. The Morgan fingerprint density at radius 2 is 2.05 bits per heavy atom. The highest BCUT2D eigenvalue weighted by Gasteiger charge is 2.65. The fourth-order valence-electron chi connectivity index (χ4n) is 3.22. The molecule has 0 amide bonds. The maximum atomic E-state index is 11.9. The fraction of sp³-hybridized carbons (Fsp3) is 0.529. The summed E-state index contributed by atoms with van der Waals surface area (Å²) in [7, 11) is 5.39. The van der Waals surface area contributed by atoms with E-state index in [0.29, 0.717) is 6.42 Å². The molecule has 0 N–H and O–H groups in total. The number of nitriles is 1. The SMILES string of the molecule is COC(=O)[C@H]1C[C@@]1(C#N)[C@@H](c1ccccc1)[C@H](C)N(C)C. The zero-order valence-corrected chi connectivity index (χ0v) is 13.0. The molecule has 4 atom stereocenters. The van der Waals surface area contributed by atoms with Gasteiger partial charge in [-0.15, -0.1) is 0 Å². The number of benzene rings is 1. The molecule has 0 bridgehead atoms. The molecule has 1 aromatic carbocycles. The van der Waals surface area contributed by atoms with Crippen LogP contribution in [-0.4, -0.2) is 38.1 Å². The van der Waals surface area contributed by atoms with Crippen molar-refractivity contribution in [1.82, 2.24) is 4.90 Å². The molecular weight excluding hydrogens is 264 g/mol. The molecule has 0 heterocycles. The van der Waals surface area contributed by atoms with Crippen LogP contribution in [0.5, 0.6) is 0 Å². The summed E-state index contributed by atoms with van der Waals surface area (Å²) in [6.07, 6.45) is 0.577. The van der Waals surface area contributed by atoms with Gasteiger partial charge in [0, 0.05) is 12.0 Å². The number of methoxy groups -OCH3 is 1. The molecule has 1 aliphatic carbocycles. The van der Waals surface area contributed by atoms with Crippen LogP contribution in [0.2, 0.25) is 0 Å².